The first-order valence-electron chi connectivity index (χ1n) is 9.28. The highest BCUT2D eigenvalue weighted by molar-refractivity contribution is 9.11. The van der Waals surface area contributed by atoms with E-state index in [9.17, 15) is 9.59 Å². The summed E-state index contributed by atoms with van der Waals surface area (Å²) in [6.07, 6.45) is 1.53. The minimum Gasteiger partial charge on any atom is -0.487 e. The van der Waals surface area contributed by atoms with Gasteiger partial charge in [-0.15, -0.1) is 0 Å². The van der Waals surface area contributed by atoms with Crippen LogP contribution in [0.3, 0.4) is 0 Å². The van der Waals surface area contributed by atoms with E-state index in [2.05, 4.69) is 55.4 Å². The van der Waals surface area contributed by atoms with E-state index in [1.807, 2.05) is 24.3 Å². The van der Waals surface area contributed by atoms with E-state index >= 15 is 0 Å². The van der Waals surface area contributed by atoms with Gasteiger partial charge in [-0.2, -0.15) is 0 Å². The van der Waals surface area contributed by atoms with E-state index in [1.54, 1.807) is 12.1 Å². The van der Waals surface area contributed by atoms with Gasteiger partial charge >= 0.3 is 0 Å². The van der Waals surface area contributed by atoms with Crippen molar-refractivity contribution in [3.8, 4) is 5.75 Å². The van der Waals surface area contributed by atoms with Gasteiger partial charge in [0, 0.05) is 7.05 Å². The van der Waals surface area contributed by atoms with Gasteiger partial charge in [0.15, 0.2) is 5.11 Å². The maximum absolute atomic E-state index is 12.4. The van der Waals surface area contributed by atoms with Crippen molar-refractivity contribution in [1.29, 1.82) is 0 Å². The molecule has 0 aromatic heterocycles. The number of fused-ring (bicyclic) bond motifs is 1. The van der Waals surface area contributed by atoms with Crippen molar-refractivity contribution in [3.63, 3.8) is 0 Å². The van der Waals surface area contributed by atoms with E-state index in [0.29, 0.717) is 26.9 Å². The molecule has 3 aromatic rings. The average molecular weight is 560 g/mol. The zero-order valence-corrected chi connectivity index (χ0v) is 20.3. The topological polar surface area (TPSA) is 58.6 Å². The number of nitrogens with one attached hydrogen (secondary N) is 1. The molecule has 0 aliphatic carbocycles. The Hall–Kier alpha value is -2.55. The highest BCUT2D eigenvalue weighted by Crippen LogP contribution is 2.36. The first-order valence-corrected chi connectivity index (χ1v) is 11.3. The van der Waals surface area contributed by atoms with Crippen molar-refractivity contribution < 1.29 is 14.3 Å². The highest BCUT2D eigenvalue weighted by Gasteiger charge is 2.30. The molecule has 0 radical (unpaired) electrons. The number of hydrogen-bond acceptors (Lipinski definition) is 4. The highest BCUT2D eigenvalue weighted by atomic mass is 79.9. The van der Waals surface area contributed by atoms with Crippen LogP contribution >= 0.6 is 44.1 Å². The lowest BCUT2D eigenvalue weighted by Gasteiger charge is -2.25. The van der Waals surface area contributed by atoms with Crippen molar-refractivity contribution in [1.82, 2.24) is 10.2 Å². The monoisotopic (exact) mass is 558 g/mol. The second kappa shape index (κ2) is 8.90. The molecule has 4 rings (SSSR count). The molecule has 31 heavy (non-hydrogen) atoms. The van der Waals surface area contributed by atoms with Crippen LogP contribution in [0.25, 0.3) is 16.8 Å². The summed E-state index contributed by atoms with van der Waals surface area (Å²) in [5.74, 6) is -0.332. The Morgan fingerprint density at radius 2 is 1.74 bits per heavy atom. The largest absolute Gasteiger partial charge is 0.487 e. The normalized spacial score (nSPS) is 15.5. The van der Waals surface area contributed by atoms with E-state index in [-0.39, 0.29) is 10.7 Å². The summed E-state index contributed by atoms with van der Waals surface area (Å²) < 4.78 is 7.49. The van der Waals surface area contributed by atoms with E-state index in [0.717, 1.165) is 16.3 Å². The third-order valence-electron chi connectivity index (χ3n) is 4.89. The molecule has 1 N–H and O–H groups in total. The Balaban J connectivity index is 1.60. The SMILES string of the molecule is CN1C(=O)/C(=C/c2cc(Br)c(OCc3cccc4ccccc34)c(Br)c2)C(=O)NC1=S. The number of carbonyl (C=O) groups excluding carboxylic acids is 2. The molecule has 0 bridgehead atoms. The molecule has 1 aliphatic rings. The predicted molar refractivity (Wildman–Crippen MR) is 132 cm³/mol. The summed E-state index contributed by atoms with van der Waals surface area (Å²) in [6.45, 7) is 0.391. The van der Waals surface area contributed by atoms with E-state index < -0.39 is 11.8 Å². The van der Waals surface area contributed by atoms with Crippen LogP contribution in [-0.4, -0.2) is 28.9 Å². The zero-order chi connectivity index (χ0) is 22.1. The van der Waals surface area contributed by atoms with Crippen LogP contribution in [-0.2, 0) is 16.2 Å². The van der Waals surface area contributed by atoms with Crippen molar-refractivity contribution in [2.45, 2.75) is 6.61 Å². The van der Waals surface area contributed by atoms with Gasteiger partial charge in [-0.1, -0.05) is 42.5 Å². The molecule has 1 aliphatic heterocycles. The number of rotatable bonds is 4. The number of benzene rings is 3. The standard InChI is InChI=1S/C23H16Br2N2O3S/c1-27-22(29)17(21(28)26-23(27)31)9-13-10-18(24)20(19(25)11-13)30-12-15-7-4-6-14-5-2-3-8-16(14)15/h2-11H,12H2,1H3,(H,26,28,31)/b17-9+. The van der Waals surface area contributed by atoms with Gasteiger partial charge in [0.2, 0.25) is 0 Å². The second-order valence-electron chi connectivity index (χ2n) is 6.92. The summed E-state index contributed by atoms with van der Waals surface area (Å²) in [6, 6.07) is 17.9. The first kappa shape index (κ1) is 21.7. The lowest BCUT2D eigenvalue weighted by Crippen LogP contribution is -2.52. The maximum atomic E-state index is 12.4. The van der Waals surface area contributed by atoms with Crippen LogP contribution < -0.4 is 10.1 Å². The smallest absolute Gasteiger partial charge is 0.265 e. The molecule has 0 spiro atoms. The number of hydrogen-bond donors (Lipinski definition) is 1. The van der Waals surface area contributed by atoms with Gasteiger partial charge in [0.25, 0.3) is 11.8 Å². The zero-order valence-electron chi connectivity index (χ0n) is 16.3. The summed E-state index contributed by atoms with van der Waals surface area (Å²) in [4.78, 5) is 25.9. The Morgan fingerprint density at radius 3 is 2.48 bits per heavy atom. The summed E-state index contributed by atoms with van der Waals surface area (Å²) in [5.41, 5.74) is 1.75. The minimum absolute atomic E-state index is 0.0133. The van der Waals surface area contributed by atoms with Crippen LogP contribution in [0, 0.1) is 0 Å². The van der Waals surface area contributed by atoms with Gasteiger partial charge in [0.1, 0.15) is 17.9 Å². The molecule has 0 atom stereocenters. The Morgan fingerprint density at radius 1 is 1.06 bits per heavy atom. The van der Waals surface area contributed by atoms with Crippen LogP contribution in [0.4, 0.5) is 0 Å². The number of halogens is 2. The molecule has 1 heterocycles. The molecule has 0 unspecified atom stereocenters. The number of nitrogens with zero attached hydrogens (tertiary/aromatic N) is 1. The average Bonchev–Trinajstić information content (AvgIpc) is 2.75. The van der Waals surface area contributed by atoms with Crippen molar-refractivity contribution >= 4 is 77.9 Å². The number of thiocarbonyl (C=S) groups is 1. The first-order chi connectivity index (χ1) is 14.8. The van der Waals surface area contributed by atoms with Crippen molar-refractivity contribution in [3.05, 3.63) is 80.2 Å². The quantitative estimate of drug-likeness (QED) is 0.271. The molecule has 3 aromatic carbocycles. The summed E-state index contributed by atoms with van der Waals surface area (Å²) in [5, 5.41) is 4.89. The van der Waals surface area contributed by atoms with Crippen LogP contribution in [0.1, 0.15) is 11.1 Å². The van der Waals surface area contributed by atoms with E-state index in [4.69, 9.17) is 17.0 Å². The fourth-order valence-electron chi connectivity index (χ4n) is 3.28. The van der Waals surface area contributed by atoms with Crippen LogP contribution in [0.5, 0.6) is 5.75 Å². The Kier molecular flexibility index (Phi) is 6.22. The van der Waals surface area contributed by atoms with Crippen molar-refractivity contribution in [2.75, 3.05) is 7.05 Å². The summed E-state index contributed by atoms with van der Waals surface area (Å²) in [7, 11) is 1.52. The van der Waals surface area contributed by atoms with Crippen LogP contribution in [0.15, 0.2) is 69.1 Å². The predicted octanol–water partition coefficient (Wildman–Crippen LogP) is 5.20. The van der Waals surface area contributed by atoms with Crippen LogP contribution in [0.2, 0.25) is 0 Å². The fourth-order valence-corrected chi connectivity index (χ4v) is 4.91. The molecule has 8 heteroatoms. The molecular formula is C23H16Br2N2O3S. The molecule has 1 fully saturated rings. The Bertz CT molecular complexity index is 1240. The molecule has 0 saturated carbocycles. The van der Waals surface area contributed by atoms with Crippen molar-refractivity contribution in [2.24, 2.45) is 0 Å². The summed E-state index contributed by atoms with van der Waals surface area (Å²) >= 11 is 12.0. The molecule has 1 saturated heterocycles. The van der Waals surface area contributed by atoms with Gasteiger partial charge in [-0.3, -0.25) is 19.8 Å². The lowest BCUT2D eigenvalue weighted by atomic mass is 10.1. The number of carbonyl (C=O) groups is 2. The van der Waals surface area contributed by atoms with Gasteiger partial charge in [0.05, 0.1) is 8.95 Å². The molecule has 156 valence electrons. The third kappa shape index (κ3) is 4.42. The second-order valence-corrected chi connectivity index (χ2v) is 9.02. The number of likely N-dealkylation sites (N-methyl/N-ethyl adjacent to an activating group) is 1. The lowest BCUT2D eigenvalue weighted by molar-refractivity contribution is -0.128. The minimum atomic E-state index is -0.517. The molecular weight excluding hydrogens is 544 g/mol. The number of ether oxygens (including phenoxy) is 1. The Labute approximate surface area is 201 Å². The van der Waals surface area contributed by atoms with Gasteiger partial charge in [-0.05, 0) is 84.2 Å². The molecule has 5 nitrogen and oxygen atoms in total. The maximum Gasteiger partial charge on any atom is 0.265 e. The number of amides is 2. The fraction of sp³-hybridized carbons (Fsp3) is 0.0870. The van der Waals surface area contributed by atoms with Gasteiger partial charge in [-0.25, -0.2) is 0 Å². The third-order valence-corrected chi connectivity index (χ3v) is 6.44. The van der Waals surface area contributed by atoms with Gasteiger partial charge < -0.3 is 4.74 Å². The van der Waals surface area contributed by atoms with E-state index in [1.165, 1.54) is 18.0 Å². The molecule has 2 amide bonds.